The normalized spacial score (nSPS) is 12.1. The number of halogens is 1. The first kappa shape index (κ1) is 19.3. The zero-order chi connectivity index (χ0) is 20.5. The Hall–Kier alpha value is -3.06. The van der Waals surface area contributed by atoms with Crippen molar-refractivity contribution in [2.45, 2.75) is 13.0 Å². The first-order chi connectivity index (χ1) is 14.0. The van der Waals surface area contributed by atoms with Crippen LogP contribution in [-0.4, -0.2) is 22.6 Å². The van der Waals surface area contributed by atoms with E-state index < -0.39 is 6.04 Å². The second kappa shape index (κ2) is 7.75. The molecule has 1 N–H and O–H groups in total. The maximum Gasteiger partial charge on any atom is 0.288 e. The van der Waals surface area contributed by atoms with Gasteiger partial charge in [0.2, 0.25) is 0 Å². The Balaban J connectivity index is 1.71. The predicted molar refractivity (Wildman–Crippen MR) is 114 cm³/mol. The Bertz CT molecular complexity index is 1180. The van der Waals surface area contributed by atoms with Crippen molar-refractivity contribution < 1.29 is 13.9 Å². The van der Waals surface area contributed by atoms with Crippen LogP contribution in [0.2, 0.25) is 0 Å². The summed E-state index contributed by atoms with van der Waals surface area (Å²) in [5.41, 5.74) is 2.37. The standard InChI is InChI=1S/C22H20BrN3O3/c1-13-17-12-15(23)6-9-18(17)29-20(13)22(27)25-19(21-24-10-11-26(21)2)14-4-7-16(28-3)8-5-14/h4-12,19H,1-3H3,(H,25,27). The van der Waals surface area contributed by atoms with Crippen LogP contribution in [0.25, 0.3) is 11.0 Å². The van der Waals surface area contributed by atoms with Crippen molar-refractivity contribution in [3.8, 4) is 5.75 Å². The summed E-state index contributed by atoms with van der Waals surface area (Å²) in [7, 11) is 3.52. The molecule has 0 aliphatic carbocycles. The summed E-state index contributed by atoms with van der Waals surface area (Å²) >= 11 is 3.47. The molecule has 148 valence electrons. The molecule has 0 aliphatic heterocycles. The Morgan fingerprint density at radius 2 is 2.00 bits per heavy atom. The minimum absolute atomic E-state index is 0.293. The van der Waals surface area contributed by atoms with E-state index in [4.69, 9.17) is 9.15 Å². The van der Waals surface area contributed by atoms with Gasteiger partial charge in [0.05, 0.1) is 7.11 Å². The van der Waals surface area contributed by atoms with Crippen LogP contribution < -0.4 is 10.1 Å². The van der Waals surface area contributed by atoms with Crippen LogP contribution >= 0.6 is 15.9 Å². The Morgan fingerprint density at radius 3 is 2.66 bits per heavy atom. The fourth-order valence-electron chi connectivity index (χ4n) is 3.35. The number of furan rings is 1. The molecule has 6 nitrogen and oxygen atoms in total. The molecule has 0 saturated heterocycles. The van der Waals surface area contributed by atoms with E-state index in [1.54, 1.807) is 13.3 Å². The van der Waals surface area contributed by atoms with Crippen molar-refractivity contribution in [2.75, 3.05) is 7.11 Å². The molecule has 4 aromatic rings. The maximum absolute atomic E-state index is 13.2. The van der Waals surface area contributed by atoms with Gasteiger partial charge in [-0.25, -0.2) is 4.98 Å². The third-order valence-electron chi connectivity index (χ3n) is 4.95. The van der Waals surface area contributed by atoms with Gasteiger partial charge in [-0.15, -0.1) is 0 Å². The number of hydrogen-bond acceptors (Lipinski definition) is 4. The van der Waals surface area contributed by atoms with Crippen LogP contribution in [0, 0.1) is 6.92 Å². The number of fused-ring (bicyclic) bond motifs is 1. The number of hydrogen-bond donors (Lipinski definition) is 1. The van der Waals surface area contributed by atoms with Gasteiger partial charge in [-0.3, -0.25) is 4.79 Å². The van der Waals surface area contributed by atoms with Crippen LogP contribution in [0.3, 0.4) is 0 Å². The third kappa shape index (κ3) is 3.65. The molecule has 29 heavy (non-hydrogen) atoms. The summed E-state index contributed by atoms with van der Waals surface area (Å²) in [4.78, 5) is 17.6. The predicted octanol–water partition coefficient (Wildman–Crippen LogP) is 4.77. The summed E-state index contributed by atoms with van der Waals surface area (Å²) < 4.78 is 13.9. The summed E-state index contributed by atoms with van der Waals surface area (Å²) in [5, 5.41) is 3.98. The number of rotatable bonds is 5. The average Bonchev–Trinajstić information content (AvgIpc) is 3.29. The highest BCUT2D eigenvalue weighted by molar-refractivity contribution is 9.10. The van der Waals surface area contributed by atoms with Crippen LogP contribution in [-0.2, 0) is 7.05 Å². The van der Waals surface area contributed by atoms with Gasteiger partial charge < -0.3 is 19.0 Å². The third-order valence-corrected chi connectivity index (χ3v) is 5.44. The fraction of sp³-hybridized carbons (Fsp3) is 0.182. The molecular weight excluding hydrogens is 434 g/mol. The molecule has 1 unspecified atom stereocenters. The van der Waals surface area contributed by atoms with Gasteiger partial charge in [0.25, 0.3) is 5.91 Å². The zero-order valence-corrected chi connectivity index (χ0v) is 17.9. The topological polar surface area (TPSA) is 69.3 Å². The highest BCUT2D eigenvalue weighted by atomic mass is 79.9. The zero-order valence-electron chi connectivity index (χ0n) is 16.3. The molecule has 0 radical (unpaired) electrons. The van der Waals surface area contributed by atoms with Crippen LogP contribution in [0.4, 0.5) is 0 Å². The van der Waals surface area contributed by atoms with E-state index >= 15 is 0 Å². The number of aryl methyl sites for hydroxylation is 2. The minimum Gasteiger partial charge on any atom is -0.497 e. The van der Waals surface area contributed by atoms with Gasteiger partial charge in [0.1, 0.15) is 23.2 Å². The lowest BCUT2D eigenvalue weighted by molar-refractivity contribution is 0.0914. The first-order valence-electron chi connectivity index (χ1n) is 9.08. The number of benzene rings is 2. The largest absolute Gasteiger partial charge is 0.497 e. The molecule has 4 rings (SSSR count). The molecule has 2 aromatic heterocycles. The van der Waals surface area contributed by atoms with Crippen molar-refractivity contribution in [2.24, 2.45) is 7.05 Å². The second-order valence-electron chi connectivity index (χ2n) is 6.77. The Kier molecular flexibility index (Phi) is 5.15. The van der Waals surface area contributed by atoms with Gasteiger partial charge >= 0.3 is 0 Å². The highest BCUT2D eigenvalue weighted by Gasteiger charge is 2.25. The maximum atomic E-state index is 13.2. The monoisotopic (exact) mass is 453 g/mol. The molecule has 0 fully saturated rings. The molecule has 1 amide bonds. The quantitative estimate of drug-likeness (QED) is 0.472. The van der Waals surface area contributed by atoms with E-state index in [2.05, 4.69) is 26.2 Å². The number of imidazole rings is 1. The SMILES string of the molecule is COc1ccc(C(NC(=O)c2oc3ccc(Br)cc3c2C)c2nccn2C)cc1. The van der Waals surface area contributed by atoms with Crippen molar-refractivity contribution in [1.29, 1.82) is 0 Å². The smallest absolute Gasteiger partial charge is 0.288 e. The number of nitrogens with one attached hydrogen (secondary N) is 1. The van der Waals surface area contributed by atoms with Crippen molar-refractivity contribution in [1.82, 2.24) is 14.9 Å². The first-order valence-corrected chi connectivity index (χ1v) is 9.88. The fourth-order valence-corrected chi connectivity index (χ4v) is 3.72. The summed E-state index contributed by atoms with van der Waals surface area (Å²) in [6.45, 7) is 1.89. The van der Waals surface area contributed by atoms with Gasteiger partial charge in [-0.2, -0.15) is 0 Å². The average molecular weight is 454 g/mol. The van der Waals surface area contributed by atoms with Crippen molar-refractivity contribution in [3.05, 3.63) is 82.0 Å². The van der Waals surface area contributed by atoms with E-state index in [1.165, 1.54) is 0 Å². The summed E-state index contributed by atoms with van der Waals surface area (Å²) in [5.74, 6) is 1.47. The van der Waals surface area contributed by atoms with E-state index in [1.807, 2.05) is 67.2 Å². The molecule has 2 aromatic carbocycles. The van der Waals surface area contributed by atoms with Crippen LogP contribution in [0.1, 0.15) is 33.5 Å². The number of carbonyl (C=O) groups is 1. The van der Waals surface area contributed by atoms with E-state index in [0.717, 1.165) is 32.6 Å². The molecule has 7 heteroatoms. The Morgan fingerprint density at radius 1 is 1.24 bits per heavy atom. The van der Waals surface area contributed by atoms with Crippen molar-refractivity contribution in [3.63, 3.8) is 0 Å². The molecule has 0 aliphatic rings. The van der Waals surface area contributed by atoms with E-state index in [-0.39, 0.29) is 5.91 Å². The lowest BCUT2D eigenvalue weighted by Gasteiger charge is -2.19. The highest BCUT2D eigenvalue weighted by Crippen LogP contribution is 2.29. The number of nitrogens with zero attached hydrogens (tertiary/aromatic N) is 2. The minimum atomic E-state index is -0.437. The second-order valence-corrected chi connectivity index (χ2v) is 7.69. The summed E-state index contributed by atoms with van der Waals surface area (Å²) in [6.07, 6.45) is 3.56. The molecule has 2 heterocycles. The molecule has 0 bridgehead atoms. The molecule has 0 spiro atoms. The molecular formula is C22H20BrN3O3. The van der Waals surface area contributed by atoms with Crippen LogP contribution in [0.5, 0.6) is 5.75 Å². The van der Waals surface area contributed by atoms with Gasteiger partial charge in [0, 0.05) is 34.9 Å². The van der Waals surface area contributed by atoms with Gasteiger partial charge in [-0.05, 0) is 42.8 Å². The van der Waals surface area contributed by atoms with Gasteiger partial charge in [-0.1, -0.05) is 28.1 Å². The number of carbonyl (C=O) groups excluding carboxylic acids is 1. The van der Waals surface area contributed by atoms with Gasteiger partial charge in [0.15, 0.2) is 5.76 Å². The van der Waals surface area contributed by atoms with Crippen LogP contribution in [0.15, 0.2) is 63.7 Å². The summed E-state index contributed by atoms with van der Waals surface area (Å²) in [6, 6.07) is 12.8. The van der Waals surface area contributed by atoms with E-state index in [9.17, 15) is 4.79 Å². The van der Waals surface area contributed by atoms with E-state index in [0.29, 0.717) is 11.3 Å². The lowest BCUT2D eigenvalue weighted by Crippen LogP contribution is -2.31. The number of ether oxygens (including phenoxy) is 1. The number of aromatic nitrogens is 2. The lowest BCUT2D eigenvalue weighted by atomic mass is 10.1. The van der Waals surface area contributed by atoms with Crippen molar-refractivity contribution >= 4 is 32.8 Å². The number of methoxy groups -OCH3 is 1. The molecule has 1 atom stereocenters. The Labute approximate surface area is 176 Å². The molecule has 0 saturated carbocycles. The number of amides is 1.